The number of hydrogen-bond donors (Lipinski definition) is 0. The molecule has 0 bridgehead atoms. The minimum absolute atomic E-state index is 0.137. The maximum Gasteiger partial charge on any atom is 0.338 e. The summed E-state index contributed by atoms with van der Waals surface area (Å²) in [5.41, 5.74) is 1.69. The molecule has 3 heteroatoms. The minimum Gasteiger partial charge on any atom is -0.462 e. The molecular formula is C14H18O3. The normalized spacial score (nSPS) is 19.9. The lowest BCUT2D eigenvalue weighted by Gasteiger charge is -2.23. The third kappa shape index (κ3) is 3.07. The number of ether oxygens (including phenoxy) is 2. The molecule has 92 valence electrons. The van der Waals surface area contributed by atoms with Gasteiger partial charge in [0.05, 0.1) is 18.3 Å². The van der Waals surface area contributed by atoms with Gasteiger partial charge in [-0.05, 0) is 43.9 Å². The summed E-state index contributed by atoms with van der Waals surface area (Å²) in [7, 11) is 0. The second kappa shape index (κ2) is 5.82. The van der Waals surface area contributed by atoms with E-state index in [4.69, 9.17) is 9.47 Å². The van der Waals surface area contributed by atoms with Crippen LogP contribution < -0.4 is 0 Å². The Balaban J connectivity index is 2.12. The molecule has 2 rings (SSSR count). The third-order valence-electron chi connectivity index (χ3n) is 2.95. The van der Waals surface area contributed by atoms with Gasteiger partial charge >= 0.3 is 5.97 Å². The number of carbonyl (C=O) groups is 1. The van der Waals surface area contributed by atoms with Crippen LogP contribution in [0.25, 0.3) is 0 Å². The Hall–Kier alpha value is -1.35. The Labute approximate surface area is 102 Å². The van der Waals surface area contributed by atoms with E-state index in [1.807, 2.05) is 25.1 Å². The smallest absolute Gasteiger partial charge is 0.338 e. The Morgan fingerprint density at radius 1 is 1.47 bits per heavy atom. The fourth-order valence-corrected chi connectivity index (χ4v) is 2.08. The first kappa shape index (κ1) is 12.1. The average molecular weight is 234 g/mol. The highest BCUT2D eigenvalue weighted by atomic mass is 16.5. The van der Waals surface area contributed by atoms with Crippen LogP contribution in [-0.4, -0.2) is 19.2 Å². The third-order valence-corrected chi connectivity index (χ3v) is 2.95. The van der Waals surface area contributed by atoms with Crippen molar-refractivity contribution in [2.75, 3.05) is 13.2 Å². The van der Waals surface area contributed by atoms with E-state index in [9.17, 15) is 4.79 Å². The maximum absolute atomic E-state index is 11.6. The highest BCUT2D eigenvalue weighted by molar-refractivity contribution is 5.89. The topological polar surface area (TPSA) is 35.5 Å². The Morgan fingerprint density at radius 2 is 2.35 bits per heavy atom. The van der Waals surface area contributed by atoms with Crippen molar-refractivity contribution in [2.45, 2.75) is 32.3 Å². The molecule has 0 unspecified atom stereocenters. The van der Waals surface area contributed by atoms with E-state index >= 15 is 0 Å². The number of carbonyl (C=O) groups excluding carboxylic acids is 1. The van der Waals surface area contributed by atoms with Crippen LogP contribution in [0.5, 0.6) is 0 Å². The second-order valence-electron chi connectivity index (χ2n) is 4.20. The van der Waals surface area contributed by atoms with E-state index < -0.39 is 0 Å². The average Bonchev–Trinajstić information content (AvgIpc) is 2.40. The summed E-state index contributed by atoms with van der Waals surface area (Å²) in [5.74, 6) is -0.259. The minimum atomic E-state index is -0.259. The second-order valence-corrected chi connectivity index (χ2v) is 4.20. The molecule has 1 saturated heterocycles. The molecule has 0 spiro atoms. The van der Waals surface area contributed by atoms with Gasteiger partial charge in [0.15, 0.2) is 0 Å². The molecule has 1 aliphatic heterocycles. The van der Waals surface area contributed by atoms with Gasteiger partial charge in [0.2, 0.25) is 0 Å². The summed E-state index contributed by atoms with van der Waals surface area (Å²) in [6.45, 7) is 3.03. The molecule has 0 N–H and O–H groups in total. The van der Waals surface area contributed by atoms with Gasteiger partial charge in [0.1, 0.15) is 0 Å². The van der Waals surface area contributed by atoms with Crippen molar-refractivity contribution in [1.82, 2.24) is 0 Å². The number of esters is 1. The van der Waals surface area contributed by atoms with Crippen LogP contribution in [-0.2, 0) is 9.47 Å². The van der Waals surface area contributed by atoms with Gasteiger partial charge < -0.3 is 9.47 Å². The SMILES string of the molecule is CCOC(=O)c1cccc([C@H]2CCCCO2)c1. The van der Waals surface area contributed by atoms with Crippen molar-refractivity contribution in [3.05, 3.63) is 35.4 Å². The van der Waals surface area contributed by atoms with Crippen molar-refractivity contribution < 1.29 is 14.3 Å². The van der Waals surface area contributed by atoms with E-state index in [1.165, 1.54) is 6.42 Å². The first-order valence-electron chi connectivity index (χ1n) is 6.20. The van der Waals surface area contributed by atoms with Gasteiger partial charge in [-0.2, -0.15) is 0 Å². The molecule has 0 amide bonds. The van der Waals surface area contributed by atoms with Crippen LogP contribution in [0.4, 0.5) is 0 Å². The molecule has 1 aromatic carbocycles. The van der Waals surface area contributed by atoms with Crippen LogP contribution >= 0.6 is 0 Å². The van der Waals surface area contributed by atoms with Crippen molar-refractivity contribution in [1.29, 1.82) is 0 Å². The van der Waals surface area contributed by atoms with E-state index in [0.29, 0.717) is 12.2 Å². The molecule has 1 aromatic rings. The molecule has 17 heavy (non-hydrogen) atoms. The van der Waals surface area contributed by atoms with Crippen molar-refractivity contribution in [2.24, 2.45) is 0 Å². The predicted molar refractivity (Wildman–Crippen MR) is 64.9 cm³/mol. The van der Waals surface area contributed by atoms with Crippen molar-refractivity contribution in [3.8, 4) is 0 Å². The number of benzene rings is 1. The molecule has 0 radical (unpaired) electrons. The van der Waals surface area contributed by atoms with E-state index in [1.54, 1.807) is 6.07 Å². The lowest BCUT2D eigenvalue weighted by molar-refractivity contribution is 0.0149. The van der Waals surface area contributed by atoms with E-state index in [0.717, 1.165) is 25.0 Å². The molecule has 1 atom stereocenters. The zero-order valence-corrected chi connectivity index (χ0v) is 10.1. The highest BCUT2D eigenvalue weighted by Crippen LogP contribution is 2.28. The largest absolute Gasteiger partial charge is 0.462 e. The first-order valence-corrected chi connectivity index (χ1v) is 6.20. The summed E-state index contributed by atoms with van der Waals surface area (Å²) in [4.78, 5) is 11.6. The molecule has 3 nitrogen and oxygen atoms in total. The van der Waals surface area contributed by atoms with Gasteiger partial charge in [-0.1, -0.05) is 12.1 Å². The monoisotopic (exact) mass is 234 g/mol. The summed E-state index contributed by atoms with van der Waals surface area (Å²) in [6.07, 6.45) is 3.49. The molecular weight excluding hydrogens is 216 g/mol. The lowest BCUT2D eigenvalue weighted by atomic mass is 10.00. The van der Waals surface area contributed by atoms with Crippen LogP contribution in [0.2, 0.25) is 0 Å². The molecule has 0 saturated carbocycles. The van der Waals surface area contributed by atoms with E-state index in [-0.39, 0.29) is 12.1 Å². The summed E-state index contributed by atoms with van der Waals surface area (Å²) in [5, 5.41) is 0. The van der Waals surface area contributed by atoms with Crippen LogP contribution in [0.1, 0.15) is 48.2 Å². The summed E-state index contributed by atoms with van der Waals surface area (Å²) >= 11 is 0. The van der Waals surface area contributed by atoms with Gasteiger partial charge in [0, 0.05) is 6.61 Å². The fraction of sp³-hybridized carbons (Fsp3) is 0.500. The Kier molecular flexibility index (Phi) is 4.15. The van der Waals surface area contributed by atoms with E-state index in [2.05, 4.69) is 0 Å². The summed E-state index contributed by atoms with van der Waals surface area (Å²) < 4.78 is 10.7. The van der Waals surface area contributed by atoms with Crippen LogP contribution in [0.3, 0.4) is 0 Å². The highest BCUT2D eigenvalue weighted by Gasteiger charge is 2.17. The first-order chi connectivity index (χ1) is 8.31. The fourth-order valence-electron chi connectivity index (χ4n) is 2.08. The van der Waals surface area contributed by atoms with Gasteiger partial charge in [0.25, 0.3) is 0 Å². The van der Waals surface area contributed by atoms with Crippen LogP contribution in [0.15, 0.2) is 24.3 Å². The summed E-state index contributed by atoms with van der Waals surface area (Å²) in [6, 6.07) is 7.57. The van der Waals surface area contributed by atoms with Gasteiger partial charge in [-0.3, -0.25) is 0 Å². The molecule has 1 fully saturated rings. The zero-order valence-electron chi connectivity index (χ0n) is 10.1. The van der Waals surface area contributed by atoms with Gasteiger partial charge in [-0.15, -0.1) is 0 Å². The Morgan fingerprint density at radius 3 is 3.06 bits per heavy atom. The molecule has 0 aliphatic carbocycles. The maximum atomic E-state index is 11.6. The van der Waals surface area contributed by atoms with Crippen molar-refractivity contribution >= 4 is 5.97 Å². The molecule has 1 aliphatic rings. The van der Waals surface area contributed by atoms with Gasteiger partial charge in [-0.25, -0.2) is 4.79 Å². The zero-order chi connectivity index (χ0) is 12.1. The van der Waals surface area contributed by atoms with Crippen LogP contribution in [0, 0.1) is 0 Å². The lowest BCUT2D eigenvalue weighted by Crippen LogP contribution is -2.12. The number of hydrogen-bond acceptors (Lipinski definition) is 3. The standard InChI is InChI=1S/C14H18O3/c1-2-16-14(15)12-7-5-6-11(10-12)13-8-3-4-9-17-13/h5-7,10,13H,2-4,8-9H2,1H3/t13-/m1/s1. The number of rotatable bonds is 3. The Bertz CT molecular complexity index is 381. The quantitative estimate of drug-likeness (QED) is 0.754. The molecule has 1 heterocycles. The predicted octanol–water partition coefficient (Wildman–Crippen LogP) is 3.10. The molecule has 0 aromatic heterocycles. The van der Waals surface area contributed by atoms with Crippen molar-refractivity contribution in [3.63, 3.8) is 0 Å².